The monoisotopic (exact) mass is 239 g/mol. The van der Waals surface area contributed by atoms with Gasteiger partial charge in [0.2, 0.25) is 5.91 Å². The molecular weight excluding hydrogens is 222 g/mol. The number of aromatic nitrogens is 2. The molecule has 5 heteroatoms. The molecule has 2 rings (SSSR count). The number of aromatic amines is 1. The van der Waals surface area contributed by atoms with Crippen molar-refractivity contribution in [2.45, 2.75) is 30.9 Å². The molecule has 0 saturated carbocycles. The summed E-state index contributed by atoms with van der Waals surface area (Å²) in [6, 6.07) is 0. The Bertz CT molecular complexity index is 344. The number of amides is 1. The first-order valence-electron chi connectivity index (χ1n) is 5.61. The molecule has 0 radical (unpaired) electrons. The van der Waals surface area contributed by atoms with Crippen LogP contribution in [0.2, 0.25) is 0 Å². The number of hydrogen-bond donors (Lipinski definition) is 2. The molecule has 2 N–H and O–H groups in total. The number of hydrogen-bond acceptors (Lipinski definition) is 3. The first-order valence-corrected chi connectivity index (χ1v) is 6.60. The minimum atomic E-state index is -0.205. The second kappa shape index (κ2) is 4.91. The van der Waals surface area contributed by atoms with Crippen LogP contribution in [0.3, 0.4) is 0 Å². The molecule has 1 atom stereocenters. The van der Waals surface area contributed by atoms with Crippen LogP contribution in [0.5, 0.6) is 0 Å². The Balaban J connectivity index is 1.75. The molecule has 0 aliphatic carbocycles. The number of H-pyrrole nitrogens is 1. The average molecular weight is 239 g/mol. The maximum absolute atomic E-state index is 11.9. The summed E-state index contributed by atoms with van der Waals surface area (Å²) in [7, 11) is 0. The Morgan fingerprint density at radius 2 is 2.62 bits per heavy atom. The van der Waals surface area contributed by atoms with Gasteiger partial charge in [0.1, 0.15) is 5.82 Å². The van der Waals surface area contributed by atoms with E-state index in [2.05, 4.69) is 15.3 Å². The van der Waals surface area contributed by atoms with Crippen molar-refractivity contribution in [3.8, 4) is 0 Å². The maximum atomic E-state index is 11.9. The number of nitrogens with one attached hydrogen (secondary N) is 2. The number of carbonyl (C=O) groups excluding carboxylic acids is 1. The lowest BCUT2D eigenvalue weighted by molar-refractivity contribution is -0.123. The fourth-order valence-electron chi connectivity index (χ4n) is 1.87. The zero-order chi connectivity index (χ0) is 11.4. The predicted octanol–water partition coefficient (Wildman–Crippen LogP) is 1.35. The summed E-state index contributed by atoms with van der Waals surface area (Å²) in [6.45, 7) is 2.69. The lowest BCUT2D eigenvalue weighted by Gasteiger charge is -2.21. The van der Waals surface area contributed by atoms with Crippen molar-refractivity contribution in [1.82, 2.24) is 15.3 Å². The van der Waals surface area contributed by atoms with Crippen LogP contribution in [0, 0.1) is 0 Å². The van der Waals surface area contributed by atoms with Crippen LogP contribution < -0.4 is 5.32 Å². The lowest BCUT2D eigenvalue weighted by Crippen LogP contribution is -2.41. The third kappa shape index (κ3) is 2.58. The molecule has 1 aliphatic rings. The van der Waals surface area contributed by atoms with E-state index in [1.54, 1.807) is 24.2 Å². The van der Waals surface area contributed by atoms with Crippen molar-refractivity contribution < 1.29 is 4.79 Å². The van der Waals surface area contributed by atoms with E-state index in [0.717, 1.165) is 30.8 Å². The van der Waals surface area contributed by atoms with E-state index >= 15 is 0 Å². The van der Waals surface area contributed by atoms with Crippen molar-refractivity contribution in [1.29, 1.82) is 0 Å². The van der Waals surface area contributed by atoms with E-state index < -0.39 is 0 Å². The number of thioether (sulfide) groups is 1. The van der Waals surface area contributed by atoms with E-state index in [0.29, 0.717) is 6.54 Å². The van der Waals surface area contributed by atoms with Crippen molar-refractivity contribution in [2.75, 3.05) is 12.3 Å². The molecule has 2 heterocycles. The Kier molecular flexibility index (Phi) is 3.53. The van der Waals surface area contributed by atoms with Crippen molar-refractivity contribution in [3.63, 3.8) is 0 Å². The van der Waals surface area contributed by atoms with Gasteiger partial charge in [0.05, 0.1) is 4.75 Å². The summed E-state index contributed by atoms with van der Waals surface area (Å²) in [5, 5.41) is 2.98. The van der Waals surface area contributed by atoms with Crippen LogP contribution >= 0.6 is 11.8 Å². The fraction of sp³-hybridized carbons (Fsp3) is 0.636. The second-order valence-electron chi connectivity index (χ2n) is 4.22. The third-order valence-corrected chi connectivity index (χ3v) is 4.42. The second-order valence-corrected chi connectivity index (χ2v) is 5.82. The number of rotatable bonds is 4. The molecule has 0 spiro atoms. The minimum absolute atomic E-state index is 0.168. The highest BCUT2D eigenvalue weighted by Crippen LogP contribution is 2.37. The van der Waals surface area contributed by atoms with Crippen molar-refractivity contribution >= 4 is 17.7 Å². The molecule has 1 saturated heterocycles. The highest BCUT2D eigenvalue weighted by Gasteiger charge is 2.36. The standard InChI is InChI=1S/C11H17N3OS/c1-11(4-2-8-16-11)10(15)14-5-3-9-12-6-7-13-9/h6-7H,2-5,8H2,1H3,(H,12,13)(H,14,15). The molecule has 1 aromatic heterocycles. The Morgan fingerprint density at radius 3 is 3.25 bits per heavy atom. The predicted molar refractivity (Wildman–Crippen MR) is 65.4 cm³/mol. The van der Waals surface area contributed by atoms with Gasteiger partial charge in [0.25, 0.3) is 0 Å². The van der Waals surface area contributed by atoms with Crippen LogP contribution in [0.4, 0.5) is 0 Å². The SMILES string of the molecule is CC1(C(=O)NCCc2ncc[nH]2)CCCS1. The van der Waals surface area contributed by atoms with Gasteiger partial charge in [0.15, 0.2) is 0 Å². The molecule has 1 fully saturated rings. The van der Waals surface area contributed by atoms with Gasteiger partial charge in [-0.3, -0.25) is 4.79 Å². The van der Waals surface area contributed by atoms with Crippen molar-refractivity contribution in [2.24, 2.45) is 0 Å². The smallest absolute Gasteiger partial charge is 0.235 e. The highest BCUT2D eigenvalue weighted by atomic mass is 32.2. The zero-order valence-electron chi connectivity index (χ0n) is 9.45. The number of nitrogens with zero attached hydrogens (tertiary/aromatic N) is 1. The van der Waals surface area contributed by atoms with Gasteiger partial charge in [-0.2, -0.15) is 0 Å². The van der Waals surface area contributed by atoms with Crippen LogP contribution in [0.25, 0.3) is 0 Å². The summed E-state index contributed by atoms with van der Waals surface area (Å²) in [5.74, 6) is 2.19. The van der Waals surface area contributed by atoms with Crippen LogP contribution in [0.1, 0.15) is 25.6 Å². The summed E-state index contributed by atoms with van der Waals surface area (Å²) in [5.41, 5.74) is 0. The van der Waals surface area contributed by atoms with Gasteiger partial charge in [-0.05, 0) is 25.5 Å². The molecule has 1 amide bonds. The summed E-state index contributed by atoms with van der Waals surface area (Å²) < 4.78 is -0.205. The van der Waals surface area contributed by atoms with Crippen LogP contribution in [-0.2, 0) is 11.2 Å². The van der Waals surface area contributed by atoms with E-state index in [1.807, 2.05) is 6.92 Å². The molecule has 1 aliphatic heterocycles. The summed E-state index contributed by atoms with van der Waals surface area (Å²) >= 11 is 1.77. The van der Waals surface area contributed by atoms with E-state index in [1.165, 1.54) is 0 Å². The van der Waals surface area contributed by atoms with Gasteiger partial charge < -0.3 is 10.3 Å². The number of imidazole rings is 1. The van der Waals surface area contributed by atoms with Gasteiger partial charge in [-0.15, -0.1) is 11.8 Å². The van der Waals surface area contributed by atoms with Gasteiger partial charge in [-0.25, -0.2) is 4.98 Å². The molecule has 16 heavy (non-hydrogen) atoms. The molecule has 1 aromatic rings. The quantitative estimate of drug-likeness (QED) is 0.834. The third-order valence-electron chi connectivity index (χ3n) is 2.90. The molecule has 0 aromatic carbocycles. The zero-order valence-corrected chi connectivity index (χ0v) is 10.3. The van der Waals surface area contributed by atoms with Crippen LogP contribution in [-0.4, -0.2) is 32.9 Å². The van der Waals surface area contributed by atoms with E-state index in [9.17, 15) is 4.79 Å². The van der Waals surface area contributed by atoms with E-state index in [4.69, 9.17) is 0 Å². The Morgan fingerprint density at radius 1 is 1.75 bits per heavy atom. The Labute approximate surface area is 99.6 Å². The van der Waals surface area contributed by atoms with Gasteiger partial charge >= 0.3 is 0 Å². The largest absolute Gasteiger partial charge is 0.354 e. The molecule has 88 valence electrons. The molecule has 4 nitrogen and oxygen atoms in total. The van der Waals surface area contributed by atoms with E-state index in [-0.39, 0.29) is 10.7 Å². The van der Waals surface area contributed by atoms with Gasteiger partial charge in [-0.1, -0.05) is 0 Å². The normalized spacial score (nSPS) is 24.6. The fourth-order valence-corrected chi connectivity index (χ4v) is 3.11. The molecule has 0 bridgehead atoms. The first-order chi connectivity index (χ1) is 7.71. The number of carbonyl (C=O) groups is 1. The van der Waals surface area contributed by atoms with Crippen LogP contribution in [0.15, 0.2) is 12.4 Å². The Hall–Kier alpha value is -0.970. The average Bonchev–Trinajstić information content (AvgIpc) is 2.90. The summed E-state index contributed by atoms with van der Waals surface area (Å²) in [4.78, 5) is 19.1. The summed E-state index contributed by atoms with van der Waals surface area (Å²) in [6.07, 6.45) is 6.42. The van der Waals surface area contributed by atoms with Crippen molar-refractivity contribution in [3.05, 3.63) is 18.2 Å². The lowest BCUT2D eigenvalue weighted by atomic mass is 10.1. The molecular formula is C11H17N3OS. The highest BCUT2D eigenvalue weighted by molar-refractivity contribution is 8.01. The van der Waals surface area contributed by atoms with Gasteiger partial charge in [0, 0.05) is 25.4 Å². The molecule has 1 unspecified atom stereocenters. The minimum Gasteiger partial charge on any atom is -0.354 e. The first kappa shape index (κ1) is 11.5. The maximum Gasteiger partial charge on any atom is 0.235 e. The topological polar surface area (TPSA) is 57.8 Å².